The van der Waals surface area contributed by atoms with E-state index < -0.39 is 5.60 Å². The van der Waals surface area contributed by atoms with Gasteiger partial charge in [0, 0.05) is 18.3 Å². The lowest BCUT2D eigenvalue weighted by molar-refractivity contribution is -0.185. The second kappa shape index (κ2) is 5.46. The highest BCUT2D eigenvalue weighted by Crippen LogP contribution is 2.71. The molecule has 4 heteroatoms. The SMILES string of the molecule is CC(=O)O[C@]1(C(C)=O)CC[C@@H]2[C@@H]3C=CC4=CC(=O)[C@@H]5C[C@@H]5[C@]4(C)[C@H]3CC[C@@]21C. The Kier molecular flexibility index (Phi) is 3.57. The maximum Gasteiger partial charge on any atom is 0.303 e. The summed E-state index contributed by atoms with van der Waals surface area (Å²) < 4.78 is 5.82. The van der Waals surface area contributed by atoms with Gasteiger partial charge in [-0.25, -0.2) is 0 Å². The van der Waals surface area contributed by atoms with Crippen molar-refractivity contribution in [3.8, 4) is 0 Å². The summed E-state index contributed by atoms with van der Waals surface area (Å²) in [6.45, 7) is 7.55. The van der Waals surface area contributed by atoms with Crippen LogP contribution in [-0.2, 0) is 19.1 Å². The van der Waals surface area contributed by atoms with E-state index in [1.807, 2.05) is 6.08 Å². The molecule has 8 atom stereocenters. The minimum absolute atomic E-state index is 0.0109. The fourth-order valence-corrected chi connectivity index (χ4v) is 7.96. The summed E-state index contributed by atoms with van der Waals surface area (Å²) in [7, 11) is 0. The average molecular weight is 383 g/mol. The van der Waals surface area contributed by atoms with Gasteiger partial charge in [-0.05, 0) is 79.8 Å². The monoisotopic (exact) mass is 382 g/mol. The number of Topliss-reactive ketones (excluding diaryl/α,β-unsaturated/α-hetero) is 1. The zero-order valence-corrected chi connectivity index (χ0v) is 17.3. The van der Waals surface area contributed by atoms with Crippen LogP contribution in [0, 0.1) is 40.4 Å². The molecule has 0 bridgehead atoms. The number of hydrogen-bond acceptors (Lipinski definition) is 4. The number of hydrogen-bond donors (Lipinski definition) is 0. The summed E-state index contributed by atoms with van der Waals surface area (Å²) in [4.78, 5) is 37.0. The molecule has 3 saturated carbocycles. The van der Waals surface area contributed by atoms with Crippen LogP contribution in [0.2, 0.25) is 0 Å². The maximum absolute atomic E-state index is 12.8. The first kappa shape index (κ1) is 18.3. The Morgan fingerprint density at radius 2 is 1.79 bits per heavy atom. The number of rotatable bonds is 2. The number of ether oxygens (including phenoxy) is 1. The first-order chi connectivity index (χ1) is 13.1. The van der Waals surface area contributed by atoms with Crippen LogP contribution in [0.3, 0.4) is 0 Å². The standard InChI is InChI=1S/C24H30O4/c1-13(25)24(28-14(2)26)10-8-18-16-6-5-15-11-21(27)17-12-20(17)23(15,4)19(16)7-9-22(18,24)3/h5-6,11,16-20H,7-10,12H2,1-4H3/t16-,17+,18+,19-,20-,22-,23-,24-/m0/s1. The van der Waals surface area contributed by atoms with E-state index >= 15 is 0 Å². The van der Waals surface area contributed by atoms with Crippen LogP contribution in [-0.4, -0.2) is 23.1 Å². The van der Waals surface area contributed by atoms with Crippen LogP contribution in [0.25, 0.3) is 0 Å². The molecule has 0 aliphatic heterocycles. The predicted octanol–water partition coefficient (Wildman–Crippen LogP) is 4.04. The number of esters is 1. The molecule has 0 spiro atoms. The molecule has 5 aliphatic carbocycles. The van der Waals surface area contributed by atoms with Gasteiger partial charge in [-0.2, -0.15) is 0 Å². The smallest absolute Gasteiger partial charge is 0.303 e. The van der Waals surface area contributed by atoms with E-state index in [9.17, 15) is 14.4 Å². The number of carbonyl (C=O) groups is 3. The third kappa shape index (κ3) is 1.99. The van der Waals surface area contributed by atoms with Gasteiger partial charge in [-0.3, -0.25) is 14.4 Å². The second-order valence-corrected chi connectivity index (χ2v) is 10.4. The first-order valence-corrected chi connectivity index (χ1v) is 10.8. The van der Waals surface area contributed by atoms with Crippen LogP contribution >= 0.6 is 0 Å². The molecule has 0 radical (unpaired) electrons. The fourth-order valence-electron chi connectivity index (χ4n) is 7.96. The molecule has 150 valence electrons. The number of fused-ring (bicyclic) bond motifs is 7. The third-order valence-electron chi connectivity index (χ3n) is 9.45. The lowest BCUT2D eigenvalue weighted by atomic mass is 9.47. The van der Waals surface area contributed by atoms with Crippen LogP contribution < -0.4 is 0 Å². The zero-order valence-electron chi connectivity index (χ0n) is 17.3. The van der Waals surface area contributed by atoms with E-state index in [1.165, 1.54) is 12.5 Å². The van der Waals surface area contributed by atoms with E-state index in [-0.39, 0.29) is 28.5 Å². The van der Waals surface area contributed by atoms with Crippen LogP contribution in [0.1, 0.15) is 59.8 Å². The Balaban J connectivity index is 1.56. The molecule has 5 rings (SSSR count). The third-order valence-corrected chi connectivity index (χ3v) is 9.45. The van der Waals surface area contributed by atoms with Crippen molar-refractivity contribution in [3.63, 3.8) is 0 Å². The summed E-state index contributed by atoms with van der Waals surface area (Å²) in [5.41, 5.74) is -0.00957. The molecule has 3 fully saturated rings. The van der Waals surface area contributed by atoms with Gasteiger partial charge in [0.2, 0.25) is 0 Å². The van der Waals surface area contributed by atoms with Crippen molar-refractivity contribution in [2.75, 3.05) is 0 Å². The first-order valence-electron chi connectivity index (χ1n) is 10.8. The molecule has 5 aliphatic rings. The van der Waals surface area contributed by atoms with Crippen molar-refractivity contribution in [1.29, 1.82) is 0 Å². The number of carbonyl (C=O) groups excluding carboxylic acids is 3. The number of ketones is 2. The molecule has 0 amide bonds. The van der Waals surface area contributed by atoms with Gasteiger partial charge >= 0.3 is 5.97 Å². The molecule has 28 heavy (non-hydrogen) atoms. The normalized spacial score (nSPS) is 50.6. The quantitative estimate of drug-likeness (QED) is 0.676. The lowest BCUT2D eigenvalue weighted by Crippen LogP contribution is -2.58. The Morgan fingerprint density at radius 1 is 1.07 bits per heavy atom. The Bertz CT molecular complexity index is 853. The number of allylic oxidation sites excluding steroid dienone is 4. The Morgan fingerprint density at radius 3 is 2.46 bits per heavy atom. The maximum atomic E-state index is 12.8. The van der Waals surface area contributed by atoms with Crippen molar-refractivity contribution in [3.05, 3.63) is 23.8 Å². The van der Waals surface area contributed by atoms with E-state index in [0.717, 1.165) is 25.7 Å². The van der Waals surface area contributed by atoms with Gasteiger partial charge in [-0.15, -0.1) is 0 Å². The topological polar surface area (TPSA) is 60.4 Å². The summed E-state index contributed by atoms with van der Waals surface area (Å²) in [5, 5.41) is 0. The average Bonchev–Trinajstić information content (AvgIpc) is 3.37. The van der Waals surface area contributed by atoms with E-state index in [4.69, 9.17) is 4.74 Å². The highest BCUT2D eigenvalue weighted by Gasteiger charge is 2.69. The van der Waals surface area contributed by atoms with Gasteiger partial charge in [0.05, 0.1) is 0 Å². The van der Waals surface area contributed by atoms with Gasteiger partial charge in [0.1, 0.15) is 0 Å². The highest BCUT2D eigenvalue weighted by molar-refractivity contribution is 5.97. The fraction of sp³-hybridized carbons (Fsp3) is 0.708. The highest BCUT2D eigenvalue weighted by atomic mass is 16.6. The Hall–Kier alpha value is -1.71. The van der Waals surface area contributed by atoms with Crippen molar-refractivity contribution < 1.29 is 19.1 Å². The molecule has 0 aromatic carbocycles. The minimum Gasteiger partial charge on any atom is -0.451 e. The minimum atomic E-state index is -0.982. The van der Waals surface area contributed by atoms with Crippen molar-refractivity contribution >= 4 is 17.5 Å². The van der Waals surface area contributed by atoms with Crippen LogP contribution in [0.15, 0.2) is 23.8 Å². The molecule has 0 N–H and O–H groups in total. The largest absolute Gasteiger partial charge is 0.451 e. The van der Waals surface area contributed by atoms with Crippen molar-refractivity contribution in [2.24, 2.45) is 40.4 Å². The van der Waals surface area contributed by atoms with E-state index in [1.54, 1.807) is 6.92 Å². The Labute approximate surface area is 166 Å². The summed E-state index contributed by atoms with van der Waals surface area (Å²) >= 11 is 0. The van der Waals surface area contributed by atoms with Crippen LogP contribution in [0.5, 0.6) is 0 Å². The zero-order chi connectivity index (χ0) is 20.1. The molecule has 0 unspecified atom stereocenters. The van der Waals surface area contributed by atoms with E-state index in [2.05, 4.69) is 26.0 Å². The molecule has 0 aromatic heterocycles. The van der Waals surface area contributed by atoms with Gasteiger partial charge in [0.25, 0.3) is 0 Å². The molecular weight excluding hydrogens is 352 g/mol. The lowest BCUT2D eigenvalue weighted by Gasteiger charge is -2.57. The molecule has 0 heterocycles. The molecule has 0 aromatic rings. The van der Waals surface area contributed by atoms with Crippen LogP contribution in [0.4, 0.5) is 0 Å². The summed E-state index contributed by atoms with van der Waals surface area (Å²) in [5.74, 6) is 1.87. The molecular formula is C24H30O4. The van der Waals surface area contributed by atoms with Crippen molar-refractivity contribution in [2.45, 2.75) is 65.4 Å². The molecule has 0 saturated heterocycles. The summed E-state index contributed by atoms with van der Waals surface area (Å²) in [6, 6.07) is 0. The van der Waals surface area contributed by atoms with Gasteiger partial charge < -0.3 is 4.74 Å². The van der Waals surface area contributed by atoms with Crippen molar-refractivity contribution in [1.82, 2.24) is 0 Å². The van der Waals surface area contributed by atoms with E-state index in [0.29, 0.717) is 35.9 Å². The second-order valence-electron chi connectivity index (χ2n) is 10.4. The predicted molar refractivity (Wildman–Crippen MR) is 104 cm³/mol. The van der Waals surface area contributed by atoms with Gasteiger partial charge in [0.15, 0.2) is 17.2 Å². The molecule has 4 nitrogen and oxygen atoms in total. The summed E-state index contributed by atoms with van der Waals surface area (Å²) in [6.07, 6.45) is 10.9. The van der Waals surface area contributed by atoms with Gasteiger partial charge in [-0.1, -0.05) is 26.0 Å².